The average molecular weight is 265 g/mol. The van der Waals surface area contributed by atoms with Gasteiger partial charge in [0.15, 0.2) is 0 Å². The van der Waals surface area contributed by atoms with Gasteiger partial charge in [-0.15, -0.1) is 0 Å². The Labute approximate surface area is 114 Å². The molecule has 1 aromatic carbocycles. The summed E-state index contributed by atoms with van der Waals surface area (Å²) in [5, 5.41) is 12.1. The van der Waals surface area contributed by atoms with Crippen LogP contribution in [0.25, 0.3) is 0 Å². The summed E-state index contributed by atoms with van der Waals surface area (Å²) in [7, 11) is 1.71. The van der Waals surface area contributed by atoms with Crippen molar-refractivity contribution >= 4 is 0 Å². The van der Waals surface area contributed by atoms with Crippen molar-refractivity contribution < 1.29 is 14.6 Å². The van der Waals surface area contributed by atoms with Crippen molar-refractivity contribution in [3.8, 4) is 5.75 Å². The minimum absolute atomic E-state index is 0.0938. The van der Waals surface area contributed by atoms with Crippen LogP contribution >= 0.6 is 0 Å². The summed E-state index contributed by atoms with van der Waals surface area (Å²) in [6.07, 6.45) is 3.33. The fourth-order valence-corrected chi connectivity index (χ4v) is 2.54. The van der Waals surface area contributed by atoms with Crippen LogP contribution in [0.5, 0.6) is 5.75 Å². The van der Waals surface area contributed by atoms with Crippen LogP contribution in [0.15, 0.2) is 18.2 Å². The summed E-state index contributed by atoms with van der Waals surface area (Å²) in [6, 6.07) is 6.87. The first kappa shape index (κ1) is 14.3. The highest BCUT2D eigenvalue weighted by Crippen LogP contribution is 2.25. The molecule has 0 aliphatic heterocycles. The molecule has 0 saturated heterocycles. The summed E-state index contributed by atoms with van der Waals surface area (Å²) in [5.74, 6) is 0.936. The summed E-state index contributed by atoms with van der Waals surface area (Å²) < 4.78 is 10.5. The molecule has 0 spiro atoms. The molecule has 106 valence electrons. The van der Waals surface area contributed by atoms with Gasteiger partial charge in [0.05, 0.1) is 26.9 Å². The Morgan fingerprint density at radius 2 is 2.21 bits per heavy atom. The Morgan fingerprint density at radius 3 is 3.00 bits per heavy atom. The number of hydrogen-bond donors (Lipinski definition) is 2. The molecular weight excluding hydrogens is 242 g/mol. The first-order valence-electron chi connectivity index (χ1n) is 6.91. The molecule has 0 radical (unpaired) electrons. The third-order valence-electron chi connectivity index (χ3n) is 3.56. The van der Waals surface area contributed by atoms with E-state index in [1.165, 1.54) is 17.5 Å². The van der Waals surface area contributed by atoms with Crippen molar-refractivity contribution in [3.05, 3.63) is 29.3 Å². The minimum atomic E-state index is 0.0938. The highest BCUT2D eigenvalue weighted by Gasteiger charge is 2.18. The zero-order chi connectivity index (χ0) is 13.5. The smallest absolute Gasteiger partial charge is 0.119 e. The monoisotopic (exact) mass is 265 g/mol. The maximum Gasteiger partial charge on any atom is 0.119 e. The number of rotatable bonds is 7. The van der Waals surface area contributed by atoms with E-state index < -0.39 is 0 Å². The van der Waals surface area contributed by atoms with Crippen molar-refractivity contribution in [1.29, 1.82) is 0 Å². The van der Waals surface area contributed by atoms with E-state index in [-0.39, 0.29) is 6.61 Å². The predicted octanol–water partition coefficient (Wildman–Crippen LogP) is 1.15. The van der Waals surface area contributed by atoms with Crippen LogP contribution in [0.2, 0.25) is 0 Å². The summed E-state index contributed by atoms with van der Waals surface area (Å²) in [6.45, 7) is 2.01. The van der Waals surface area contributed by atoms with Gasteiger partial charge < -0.3 is 19.9 Å². The number of aliphatic hydroxyl groups is 1. The van der Waals surface area contributed by atoms with E-state index in [1.54, 1.807) is 7.11 Å². The quantitative estimate of drug-likeness (QED) is 0.726. The predicted molar refractivity (Wildman–Crippen MR) is 74.7 cm³/mol. The van der Waals surface area contributed by atoms with Crippen LogP contribution in [0.4, 0.5) is 0 Å². The Morgan fingerprint density at radius 1 is 1.32 bits per heavy atom. The Kier molecular flexibility index (Phi) is 5.63. The molecule has 1 aliphatic rings. The van der Waals surface area contributed by atoms with Crippen LogP contribution in [0.1, 0.15) is 17.5 Å². The average Bonchev–Trinajstić information content (AvgIpc) is 2.46. The van der Waals surface area contributed by atoms with Crippen molar-refractivity contribution in [3.63, 3.8) is 0 Å². The molecule has 4 heteroatoms. The Bertz CT molecular complexity index is 395. The highest BCUT2D eigenvalue weighted by molar-refractivity contribution is 5.37. The number of aryl methyl sites for hydroxylation is 1. The second-order valence-electron chi connectivity index (χ2n) is 4.86. The third kappa shape index (κ3) is 4.20. The molecule has 0 amide bonds. The molecule has 0 fully saturated rings. The van der Waals surface area contributed by atoms with Crippen LogP contribution in [-0.2, 0) is 17.6 Å². The fraction of sp³-hybridized carbons (Fsp3) is 0.600. The second kappa shape index (κ2) is 7.48. The standard InChI is InChI=1S/C15H23NO3/c1-18-15-5-3-12-2-4-14(10-13(12)11-15)16-6-8-19-9-7-17/h3,5,11,14,16-17H,2,4,6-10H2,1H3. The number of benzene rings is 1. The second-order valence-corrected chi connectivity index (χ2v) is 4.86. The maximum absolute atomic E-state index is 8.62. The largest absolute Gasteiger partial charge is 0.497 e. The van der Waals surface area contributed by atoms with Gasteiger partial charge in [0.25, 0.3) is 0 Å². The molecule has 1 aliphatic carbocycles. The number of methoxy groups -OCH3 is 1. The number of fused-ring (bicyclic) bond motifs is 1. The first-order chi connectivity index (χ1) is 9.33. The van der Waals surface area contributed by atoms with Crippen LogP contribution in [0.3, 0.4) is 0 Å². The SMILES string of the molecule is COc1ccc2c(c1)CC(NCCOCCO)CC2. The molecule has 19 heavy (non-hydrogen) atoms. The zero-order valence-electron chi connectivity index (χ0n) is 11.5. The molecular formula is C15H23NO3. The van der Waals surface area contributed by atoms with Gasteiger partial charge in [-0.3, -0.25) is 0 Å². The van der Waals surface area contributed by atoms with E-state index in [0.29, 0.717) is 19.3 Å². The van der Waals surface area contributed by atoms with Gasteiger partial charge >= 0.3 is 0 Å². The normalized spacial score (nSPS) is 18.1. The zero-order valence-corrected chi connectivity index (χ0v) is 11.5. The third-order valence-corrected chi connectivity index (χ3v) is 3.56. The number of ether oxygens (including phenoxy) is 2. The van der Waals surface area contributed by atoms with Gasteiger partial charge in [0, 0.05) is 12.6 Å². The molecule has 4 nitrogen and oxygen atoms in total. The van der Waals surface area contributed by atoms with Crippen molar-refractivity contribution in [2.45, 2.75) is 25.3 Å². The number of nitrogens with one attached hydrogen (secondary N) is 1. The summed E-state index contributed by atoms with van der Waals surface area (Å²) in [5.41, 5.74) is 2.83. The summed E-state index contributed by atoms with van der Waals surface area (Å²) in [4.78, 5) is 0. The van der Waals surface area contributed by atoms with E-state index >= 15 is 0 Å². The molecule has 1 aromatic rings. The Hall–Kier alpha value is -1.10. The van der Waals surface area contributed by atoms with Gasteiger partial charge in [-0.25, -0.2) is 0 Å². The lowest BCUT2D eigenvalue weighted by molar-refractivity contribution is 0.0923. The lowest BCUT2D eigenvalue weighted by Crippen LogP contribution is -2.36. The van der Waals surface area contributed by atoms with Crippen molar-refractivity contribution in [2.24, 2.45) is 0 Å². The van der Waals surface area contributed by atoms with E-state index in [0.717, 1.165) is 25.1 Å². The lowest BCUT2D eigenvalue weighted by Gasteiger charge is -2.26. The summed E-state index contributed by atoms with van der Waals surface area (Å²) >= 11 is 0. The number of hydrogen-bond acceptors (Lipinski definition) is 4. The molecule has 1 unspecified atom stereocenters. The first-order valence-corrected chi connectivity index (χ1v) is 6.91. The highest BCUT2D eigenvalue weighted by atomic mass is 16.5. The van der Waals surface area contributed by atoms with E-state index in [1.807, 2.05) is 6.07 Å². The van der Waals surface area contributed by atoms with E-state index in [9.17, 15) is 0 Å². The number of aliphatic hydroxyl groups excluding tert-OH is 1. The molecule has 2 rings (SSSR count). The van der Waals surface area contributed by atoms with E-state index in [4.69, 9.17) is 14.6 Å². The van der Waals surface area contributed by atoms with Gasteiger partial charge in [-0.05, 0) is 42.5 Å². The molecule has 0 heterocycles. The van der Waals surface area contributed by atoms with Crippen molar-refractivity contribution in [1.82, 2.24) is 5.32 Å². The van der Waals surface area contributed by atoms with Gasteiger partial charge in [-0.2, -0.15) is 0 Å². The molecule has 1 atom stereocenters. The topological polar surface area (TPSA) is 50.7 Å². The maximum atomic E-state index is 8.62. The van der Waals surface area contributed by atoms with E-state index in [2.05, 4.69) is 17.4 Å². The van der Waals surface area contributed by atoms with Crippen LogP contribution in [0, 0.1) is 0 Å². The van der Waals surface area contributed by atoms with Crippen molar-refractivity contribution in [2.75, 3.05) is 33.5 Å². The lowest BCUT2D eigenvalue weighted by atomic mass is 9.88. The molecule has 0 aromatic heterocycles. The van der Waals surface area contributed by atoms with Crippen LogP contribution < -0.4 is 10.1 Å². The Balaban J connectivity index is 1.80. The van der Waals surface area contributed by atoms with Crippen LogP contribution in [-0.4, -0.2) is 44.6 Å². The fourth-order valence-electron chi connectivity index (χ4n) is 2.54. The molecule has 0 saturated carbocycles. The van der Waals surface area contributed by atoms with Gasteiger partial charge in [0.2, 0.25) is 0 Å². The van der Waals surface area contributed by atoms with Gasteiger partial charge in [0.1, 0.15) is 5.75 Å². The van der Waals surface area contributed by atoms with Gasteiger partial charge in [-0.1, -0.05) is 6.07 Å². The molecule has 2 N–H and O–H groups in total. The minimum Gasteiger partial charge on any atom is -0.497 e. The molecule has 0 bridgehead atoms.